The first-order chi connectivity index (χ1) is 10.3. The van der Waals surface area contributed by atoms with Crippen molar-refractivity contribution in [2.24, 2.45) is 0 Å². The van der Waals surface area contributed by atoms with E-state index < -0.39 is 10.0 Å². The van der Waals surface area contributed by atoms with Crippen molar-refractivity contribution < 1.29 is 8.42 Å². The molecular formula is C15H14ClN3O2S. The van der Waals surface area contributed by atoms with Gasteiger partial charge in [-0.1, -0.05) is 17.7 Å². The first kappa shape index (κ1) is 16.1. The molecule has 0 unspecified atom stereocenters. The molecule has 0 radical (unpaired) electrons. The van der Waals surface area contributed by atoms with Crippen LogP contribution in [-0.4, -0.2) is 22.5 Å². The molecule has 2 rings (SSSR count). The summed E-state index contributed by atoms with van der Waals surface area (Å²) in [5.41, 5.74) is 1.37. The Morgan fingerprint density at radius 2 is 1.77 bits per heavy atom. The maximum absolute atomic E-state index is 12.4. The van der Waals surface area contributed by atoms with Crippen molar-refractivity contribution in [3.05, 3.63) is 53.1 Å². The van der Waals surface area contributed by atoms with E-state index in [0.29, 0.717) is 22.0 Å². The van der Waals surface area contributed by atoms with Crippen LogP contribution in [0.5, 0.6) is 0 Å². The Morgan fingerprint density at radius 3 is 2.32 bits per heavy atom. The number of nitriles is 1. The summed E-state index contributed by atoms with van der Waals surface area (Å²) in [5, 5.41) is 9.21. The van der Waals surface area contributed by atoms with Crippen LogP contribution in [0.3, 0.4) is 0 Å². The van der Waals surface area contributed by atoms with E-state index in [-0.39, 0.29) is 4.90 Å². The molecule has 0 aliphatic rings. The largest absolute Gasteiger partial charge is 0.375 e. The predicted molar refractivity (Wildman–Crippen MR) is 87.7 cm³/mol. The smallest absolute Gasteiger partial charge is 0.261 e. The molecule has 0 saturated carbocycles. The van der Waals surface area contributed by atoms with E-state index in [4.69, 9.17) is 16.9 Å². The number of sulfonamides is 1. The van der Waals surface area contributed by atoms with Crippen molar-refractivity contribution >= 4 is 33.0 Å². The van der Waals surface area contributed by atoms with Crippen LogP contribution in [-0.2, 0) is 10.0 Å². The first-order valence-electron chi connectivity index (χ1n) is 6.34. The standard InChI is InChI=1S/C15H14ClN3O2S/c1-19(2)15-13(16)4-3-5-14(15)18-22(20,21)12-8-6-11(10-17)7-9-12/h3-9,18H,1-2H3. The highest BCUT2D eigenvalue weighted by Crippen LogP contribution is 2.33. The van der Waals surface area contributed by atoms with Crippen molar-refractivity contribution in [1.82, 2.24) is 0 Å². The number of rotatable bonds is 4. The van der Waals surface area contributed by atoms with Gasteiger partial charge in [-0.25, -0.2) is 8.42 Å². The van der Waals surface area contributed by atoms with E-state index in [1.807, 2.05) is 6.07 Å². The minimum absolute atomic E-state index is 0.0798. The molecule has 2 aromatic rings. The third-order valence-electron chi connectivity index (χ3n) is 2.97. The lowest BCUT2D eigenvalue weighted by Gasteiger charge is -2.20. The van der Waals surface area contributed by atoms with Gasteiger partial charge in [0.05, 0.1) is 32.9 Å². The van der Waals surface area contributed by atoms with E-state index in [2.05, 4.69) is 4.72 Å². The Kier molecular flexibility index (Phi) is 4.59. The second kappa shape index (κ2) is 6.26. The van der Waals surface area contributed by atoms with E-state index in [1.54, 1.807) is 37.2 Å². The van der Waals surface area contributed by atoms with Gasteiger partial charge in [-0.15, -0.1) is 0 Å². The average Bonchev–Trinajstić information content (AvgIpc) is 2.46. The number of anilines is 2. The minimum atomic E-state index is -3.76. The lowest BCUT2D eigenvalue weighted by molar-refractivity contribution is 0.601. The third-order valence-corrected chi connectivity index (χ3v) is 4.66. The number of nitrogens with zero attached hydrogens (tertiary/aromatic N) is 2. The second-order valence-corrected chi connectivity index (χ2v) is 6.86. The van der Waals surface area contributed by atoms with Crippen LogP contribution in [0.2, 0.25) is 5.02 Å². The van der Waals surface area contributed by atoms with Gasteiger partial charge in [0, 0.05) is 14.1 Å². The molecule has 0 atom stereocenters. The van der Waals surface area contributed by atoms with E-state index in [9.17, 15) is 8.42 Å². The van der Waals surface area contributed by atoms with Gasteiger partial charge in [-0.05, 0) is 36.4 Å². The van der Waals surface area contributed by atoms with Crippen molar-refractivity contribution in [1.29, 1.82) is 5.26 Å². The molecule has 0 aliphatic carbocycles. The van der Waals surface area contributed by atoms with Gasteiger partial charge in [-0.3, -0.25) is 4.72 Å². The Balaban J connectivity index is 2.41. The molecule has 0 aliphatic heterocycles. The molecule has 0 spiro atoms. The van der Waals surface area contributed by atoms with Gasteiger partial charge in [0.15, 0.2) is 0 Å². The van der Waals surface area contributed by atoms with Crippen molar-refractivity contribution in [2.75, 3.05) is 23.7 Å². The molecule has 2 aromatic carbocycles. The van der Waals surface area contributed by atoms with Crippen molar-refractivity contribution in [2.45, 2.75) is 4.90 Å². The minimum Gasteiger partial charge on any atom is -0.375 e. The molecule has 0 aromatic heterocycles. The number of hydrogen-bond donors (Lipinski definition) is 1. The van der Waals surface area contributed by atoms with Gasteiger partial charge in [0.1, 0.15) is 0 Å². The van der Waals surface area contributed by atoms with Crippen LogP contribution >= 0.6 is 11.6 Å². The Labute approximate surface area is 134 Å². The SMILES string of the molecule is CN(C)c1c(Cl)cccc1NS(=O)(=O)c1ccc(C#N)cc1. The zero-order valence-electron chi connectivity index (χ0n) is 12.0. The summed E-state index contributed by atoms with van der Waals surface area (Å²) in [6, 6.07) is 12.6. The van der Waals surface area contributed by atoms with Crippen LogP contribution in [0.4, 0.5) is 11.4 Å². The normalized spacial score (nSPS) is 10.8. The quantitative estimate of drug-likeness (QED) is 0.931. The molecule has 7 heteroatoms. The summed E-state index contributed by atoms with van der Waals surface area (Å²) in [6.07, 6.45) is 0. The van der Waals surface area contributed by atoms with Crippen LogP contribution in [0.15, 0.2) is 47.4 Å². The Bertz CT molecular complexity index is 825. The summed E-state index contributed by atoms with van der Waals surface area (Å²) >= 11 is 6.13. The Morgan fingerprint density at radius 1 is 1.14 bits per heavy atom. The van der Waals surface area contributed by atoms with Gasteiger partial charge in [0.25, 0.3) is 10.0 Å². The third kappa shape index (κ3) is 3.32. The van der Waals surface area contributed by atoms with Gasteiger partial charge >= 0.3 is 0 Å². The summed E-state index contributed by atoms with van der Waals surface area (Å²) in [6.45, 7) is 0. The van der Waals surface area contributed by atoms with E-state index >= 15 is 0 Å². The summed E-state index contributed by atoms with van der Waals surface area (Å²) in [7, 11) is -0.199. The number of nitrogens with one attached hydrogen (secondary N) is 1. The van der Waals surface area contributed by atoms with Crippen LogP contribution in [0.1, 0.15) is 5.56 Å². The number of hydrogen-bond acceptors (Lipinski definition) is 4. The average molecular weight is 336 g/mol. The highest BCUT2D eigenvalue weighted by atomic mass is 35.5. The number of benzene rings is 2. The molecule has 22 heavy (non-hydrogen) atoms. The van der Waals surface area contributed by atoms with E-state index in [1.165, 1.54) is 24.3 Å². The summed E-state index contributed by atoms with van der Waals surface area (Å²) in [5.74, 6) is 0. The lowest BCUT2D eigenvalue weighted by Crippen LogP contribution is -2.17. The zero-order chi connectivity index (χ0) is 16.3. The summed E-state index contributed by atoms with van der Waals surface area (Å²) < 4.78 is 27.4. The maximum Gasteiger partial charge on any atom is 0.261 e. The summed E-state index contributed by atoms with van der Waals surface area (Å²) in [4.78, 5) is 1.81. The highest BCUT2D eigenvalue weighted by molar-refractivity contribution is 7.92. The fourth-order valence-electron chi connectivity index (χ4n) is 1.96. The first-order valence-corrected chi connectivity index (χ1v) is 8.20. The predicted octanol–water partition coefficient (Wildman–Crippen LogP) is 3.08. The fourth-order valence-corrected chi connectivity index (χ4v) is 3.37. The molecule has 0 amide bonds. The number of para-hydroxylation sites is 1. The second-order valence-electron chi connectivity index (χ2n) is 4.77. The monoisotopic (exact) mass is 335 g/mol. The fraction of sp³-hybridized carbons (Fsp3) is 0.133. The lowest BCUT2D eigenvalue weighted by atomic mass is 10.2. The van der Waals surface area contributed by atoms with Crippen LogP contribution in [0.25, 0.3) is 0 Å². The molecule has 0 saturated heterocycles. The maximum atomic E-state index is 12.4. The van der Waals surface area contributed by atoms with Gasteiger partial charge in [-0.2, -0.15) is 5.26 Å². The topological polar surface area (TPSA) is 73.2 Å². The molecule has 0 bridgehead atoms. The number of halogens is 1. The molecule has 5 nitrogen and oxygen atoms in total. The van der Waals surface area contributed by atoms with E-state index in [0.717, 1.165) is 0 Å². The molecule has 1 N–H and O–H groups in total. The molecule has 114 valence electrons. The molecule has 0 fully saturated rings. The zero-order valence-corrected chi connectivity index (χ0v) is 13.6. The Hall–Kier alpha value is -2.23. The van der Waals surface area contributed by atoms with Gasteiger partial charge < -0.3 is 4.90 Å². The highest BCUT2D eigenvalue weighted by Gasteiger charge is 2.18. The molecular weight excluding hydrogens is 322 g/mol. The molecule has 0 heterocycles. The van der Waals surface area contributed by atoms with Crippen LogP contribution < -0.4 is 9.62 Å². The van der Waals surface area contributed by atoms with Crippen molar-refractivity contribution in [3.8, 4) is 6.07 Å². The van der Waals surface area contributed by atoms with Gasteiger partial charge in [0.2, 0.25) is 0 Å². The van der Waals surface area contributed by atoms with Crippen LogP contribution in [0, 0.1) is 11.3 Å². The van der Waals surface area contributed by atoms with Crippen molar-refractivity contribution in [3.63, 3.8) is 0 Å².